The van der Waals surface area contributed by atoms with E-state index in [-0.39, 0.29) is 6.10 Å². The molecule has 0 radical (unpaired) electrons. The van der Waals surface area contributed by atoms with Gasteiger partial charge in [0.25, 0.3) is 0 Å². The highest BCUT2D eigenvalue weighted by molar-refractivity contribution is 5.79. The predicted octanol–water partition coefficient (Wildman–Crippen LogP) is 1.66. The number of aliphatic imine (C=N–C) groups is 1. The Morgan fingerprint density at radius 2 is 1.93 bits per heavy atom. The molecule has 0 amide bonds. The molecule has 0 spiro atoms. The van der Waals surface area contributed by atoms with Crippen LogP contribution in [0.25, 0.3) is 0 Å². The van der Waals surface area contributed by atoms with Crippen LogP contribution in [0.5, 0.6) is 5.75 Å². The van der Waals surface area contributed by atoms with Gasteiger partial charge >= 0.3 is 0 Å². The number of rotatable bonds is 8. The van der Waals surface area contributed by atoms with Crippen LogP contribution in [0.4, 0.5) is 0 Å². The summed E-state index contributed by atoms with van der Waals surface area (Å²) in [6, 6.07) is 8.53. The summed E-state index contributed by atoms with van der Waals surface area (Å²) in [5.41, 5.74) is 1.15. The van der Waals surface area contributed by atoms with E-state index in [1.54, 1.807) is 0 Å². The third-order valence-corrected chi connectivity index (χ3v) is 5.70. The molecule has 2 aliphatic rings. The summed E-state index contributed by atoms with van der Waals surface area (Å²) < 4.78 is 17.3. The van der Waals surface area contributed by atoms with Crippen molar-refractivity contribution in [3.63, 3.8) is 0 Å². The van der Waals surface area contributed by atoms with Crippen molar-refractivity contribution in [1.29, 1.82) is 0 Å². The molecular weight excluding hydrogens is 368 g/mol. The lowest BCUT2D eigenvalue weighted by molar-refractivity contribution is 0.00246. The Bertz CT molecular complexity index is 643. The zero-order valence-electron chi connectivity index (χ0n) is 18.0. The first kappa shape index (κ1) is 21.9. The predicted molar refractivity (Wildman–Crippen MR) is 116 cm³/mol. The van der Waals surface area contributed by atoms with Gasteiger partial charge in [-0.15, -0.1) is 0 Å². The van der Waals surface area contributed by atoms with Gasteiger partial charge in [0.05, 0.1) is 26.4 Å². The maximum Gasteiger partial charge on any atom is 0.191 e. The largest absolute Gasteiger partial charge is 0.489 e. The van der Waals surface area contributed by atoms with E-state index in [2.05, 4.69) is 40.4 Å². The maximum absolute atomic E-state index is 6.06. The molecule has 3 rings (SSSR count). The number of aryl methyl sites for hydroxylation is 1. The number of hydrogen-bond donors (Lipinski definition) is 2. The van der Waals surface area contributed by atoms with Crippen LogP contribution in [-0.4, -0.2) is 82.7 Å². The molecule has 2 N–H and O–H groups in total. The Kier molecular flexibility index (Phi) is 8.58. The number of hydrogen-bond acceptors (Lipinski definition) is 5. The lowest BCUT2D eigenvalue weighted by Gasteiger charge is -2.37. The summed E-state index contributed by atoms with van der Waals surface area (Å²) in [4.78, 5) is 6.93. The van der Waals surface area contributed by atoms with Gasteiger partial charge in [0.2, 0.25) is 0 Å². The van der Waals surface area contributed by atoms with E-state index in [4.69, 9.17) is 14.2 Å². The van der Waals surface area contributed by atoms with Gasteiger partial charge in [-0.3, -0.25) is 9.89 Å². The van der Waals surface area contributed by atoms with E-state index >= 15 is 0 Å². The van der Waals surface area contributed by atoms with Gasteiger partial charge in [-0.05, 0) is 31.9 Å². The van der Waals surface area contributed by atoms with Gasteiger partial charge in [-0.2, -0.15) is 0 Å². The Hall–Kier alpha value is -1.83. The molecule has 2 aliphatic heterocycles. The van der Waals surface area contributed by atoms with E-state index in [0.29, 0.717) is 18.5 Å². The molecule has 2 saturated heterocycles. The van der Waals surface area contributed by atoms with E-state index in [1.165, 1.54) is 0 Å². The van der Waals surface area contributed by atoms with Crippen molar-refractivity contribution < 1.29 is 14.2 Å². The molecule has 162 valence electrons. The number of nitrogens with zero attached hydrogens (tertiary/aromatic N) is 2. The molecule has 2 heterocycles. The van der Waals surface area contributed by atoms with Crippen molar-refractivity contribution in [2.45, 2.75) is 32.4 Å². The van der Waals surface area contributed by atoms with Crippen LogP contribution in [-0.2, 0) is 9.47 Å². The van der Waals surface area contributed by atoms with Crippen molar-refractivity contribution in [3.8, 4) is 5.75 Å². The fraction of sp³-hybridized carbons (Fsp3) is 0.682. The molecule has 3 atom stereocenters. The molecule has 0 aliphatic carbocycles. The van der Waals surface area contributed by atoms with Gasteiger partial charge in [0, 0.05) is 45.2 Å². The molecule has 29 heavy (non-hydrogen) atoms. The summed E-state index contributed by atoms with van der Waals surface area (Å²) >= 11 is 0. The first-order valence-corrected chi connectivity index (χ1v) is 10.7. The van der Waals surface area contributed by atoms with Crippen molar-refractivity contribution in [2.24, 2.45) is 10.9 Å². The maximum atomic E-state index is 6.06. The highest BCUT2D eigenvalue weighted by atomic mass is 16.5. The number of ether oxygens (including phenoxy) is 3. The third kappa shape index (κ3) is 6.59. The quantitative estimate of drug-likeness (QED) is 0.508. The number of guanidine groups is 1. The van der Waals surface area contributed by atoms with Crippen molar-refractivity contribution in [1.82, 2.24) is 15.5 Å². The van der Waals surface area contributed by atoms with Gasteiger partial charge in [-0.25, -0.2) is 0 Å². The van der Waals surface area contributed by atoms with Crippen molar-refractivity contribution in [3.05, 3.63) is 29.8 Å². The summed E-state index contributed by atoms with van der Waals surface area (Å²) in [6.45, 7) is 11.0. The minimum Gasteiger partial charge on any atom is -0.489 e. The summed E-state index contributed by atoms with van der Waals surface area (Å²) in [5.74, 6) is 2.29. The lowest BCUT2D eigenvalue weighted by atomic mass is 9.97. The normalized spacial score (nSPS) is 22.9. The number of para-hydroxylation sites is 1. The van der Waals surface area contributed by atoms with Crippen LogP contribution in [0.15, 0.2) is 29.3 Å². The van der Waals surface area contributed by atoms with Crippen LogP contribution >= 0.6 is 0 Å². The Morgan fingerprint density at radius 3 is 2.62 bits per heavy atom. The van der Waals surface area contributed by atoms with E-state index in [1.807, 2.05) is 25.2 Å². The molecule has 0 saturated carbocycles. The molecule has 7 heteroatoms. The zero-order valence-corrected chi connectivity index (χ0v) is 18.0. The fourth-order valence-corrected chi connectivity index (χ4v) is 3.97. The Morgan fingerprint density at radius 1 is 1.17 bits per heavy atom. The molecule has 2 fully saturated rings. The number of benzene rings is 1. The molecule has 7 nitrogen and oxygen atoms in total. The second kappa shape index (κ2) is 11.4. The number of nitrogens with one attached hydrogen (secondary N) is 2. The van der Waals surface area contributed by atoms with Crippen LogP contribution in [0.2, 0.25) is 0 Å². The van der Waals surface area contributed by atoms with E-state index < -0.39 is 0 Å². The molecule has 0 aromatic heterocycles. The monoisotopic (exact) mass is 404 g/mol. The minimum absolute atomic E-state index is 0.0351. The smallest absolute Gasteiger partial charge is 0.191 e. The van der Waals surface area contributed by atoms with Crippen LogP contribution in [0.3, 0.4) is 0 Å². The summed E-state index contributed by atoms with van der Waals surface area (Å²) in [7, 11) is 1.81. The standard InChI is InChI=1S/C22H36N4O3/c1-17-6-4-5-7-21(17)29-18(2)14-24-22(23-3)25-15-20(19-8-11-28-16-19)26-9-12-27-13-10-26/h4-7,18-20H,8-16H2,1-3H3,(H2,23,24,25). The Balaban J connectivity index is 1.48. The average molecular weight is 405 g/mol. The highest BCUT2D eigenvalue weighted by Gasteiger charge is 2.31. The summed E-state index contributed by atoms with van der Waals surface area (Å²) in [6.07, 6.45) is 1.16. The average Bonchev–Trinajstić information content (AvgIpc) is 3.27. The third-order valence-electron chi connectivity index (χ3n) is 5.70. The lowest BCUT2D eigenvalue weighted by Crippen LogP contribution is -2.54. The van der Waals surface area contributed by atoms with Crippen LogP contribution < -0.4 is 15.4 Å². The SMILES string of the molecule is CN=C(NCC(C)Oc1ccccc1C)NCC(C1CCOC1)N1CCOCC1. The van der Waals surface area contributed by atoms with Gasteiger partial charge in [-0.1, -0.05) is 18.2 Å². The second-order valence-corrected chi connectivity index (χ2v) is 7.87. The summed E-state index contributed by atoms with van der Waals surface area (Å²) in [5, 5.41) is 6.92. The highest BCUT2D eigenvalue weighted by Crippen LogP contribution is 2.22. The van der Waals surface area contributed by atoms with Gasteiger partial charge in [0.1, 0.15) is 11.9 Å². The van der Waals surface area contributed by atoms with Gasteiger partial charge < -0.3 is 24.8 Å². The van der Waals surface area contributed by atoms with Crippen molar-refractivity contribution in [2.75, 3.05) is 59.7 Å². The fourth-order valence-electron chi connectivity index (χ4n) is 3.97. The molecule has 1 aromatic carbocycles. The number of morpholine rings is 1. The zero-order chi connectivity index (χ0) is 20.5. The molecular formula is C22H36N4O3. The minimum atomic E-state index is 0.0351. The van der Waals surface area contributed by atoms with Crippen LogP contribution in [0, 0.1) is 12.8 Å². The van der Waals surface area contributed by atoms with Gasteiger partial charge in [0.15, 0.2) is 5.96 Å². The van der Waals surface area contributed by atoms with Crippen LogP contribution in [0.1, 0.15) is 18.9 Å². The Labute approximate surface area is 174 Å². The van der Waals surface area contributed by atoms with E-state index in [0.717, 1.165) is 69.8 Å². The van der Waals surface area contributed by atoms with E-state index in [9.17, 15) is 0 Å². The molecule has 0 bridgehead atoms. The second-order valence-electron chi connectivity index (χ2n) is 7.87. The first-order valence-electron chi connectivity index (χ1n) is 10.7. The first-order chi connectivity index (χ1) is 14.2. The topological polar surface area (TPSA) is 67.4 Å². The molecule has 1 aromatic rings. The molecule has 3 unspecified atom stereocenters. The van der Waals surface area contributed by atoms with Crippen molar-refractivity contribution >= 4 is 5.96 Å².